The molecular weight excluding hydrogens is 260 g/mol. The second-order valence-corrected chi connectivity index (χ2v) is 6.62. The van der Waals surface area contributed by atoms with E-state index in [9.17, 15) is 4.79 Å². The molecule has 1 rings (SSSR count). The van der Waals surface area contributed by atoms with E-state index in [0.717, 1.165) is 31.6 Å². The zero-order chi connectivity index (χ0) is 15.8. The van der Waals surface area contributed by atoms with Gasteiger partial charge in [-0.3, -0.25) is 4.79 Å². The van der Waals surface area contributed by atoms with Crippen molar-refractivity contribution in [3.63, 3.8) is 0 Å². The molecule has 2 nitrogen and oxygen atoms in total. The molecule has 0 fully saturated rings. The van der Waals surface area contributed by atoms with Crippen LogP contribution in [0.2, 0.25) is 0 Å². The lowest BCUT2D eigenvalue weighted by atomic mass is 9.99. The van der Waals surface area contributed by atoms with E-state index in [-0.39, 0.29) is 5.92 Å². The second kappa shape index (κ2) is 8.86. The van der Waals surface area contributed by atoms with Crippen LogP contribution in [0.3, 0.4) is 0 Å². The van der Waals surface area contributed by atoms with Gasteiger partial charge in [0.25, 0.3) is 0 Å². The Labute approximate surface area is 129 Å². The molecule has 0 radical (unpaired) electrons. The van der Waals surface area contributed by atoms with Crippen molar-refractivity contribution in [1.29, 1.82) is 0 Å². The minimum absolute atomic E-state index is 0.166. The van der Waals surface area contributed by atoms with Crippen molar-refractivity contribution in [3.05, 3.63) is 29.3 Å². The molecule has 1 aromatic carbocycles. The lowest BCUT2D eigenvalue weighted by Crippen LogP contribution is -2.06. The predicted octanol–water partition coefficient (Wildman–Crippen LogP) is 4.97. The van der Waals surface area contributed by atoms with E-state index in [1.807, 2.05) is 19.9 Å². The third-order valence-electron chi connectivity index (χ3n) is 3.67. The highest BCUT2D eigenvalue weighted by atomic mass is 16.5. The van der Waals surface area contributed by atoms with Crippen molar-refractivity contribution in [3.8, 4) is 5.75 Å². The summed E-state index contributed by atoms with van der Waals surface area (Å²) in [6.07, 6.45) is 3.77. The number of carbonyl (C=O) groups excluding carboxylic acids is 1. The van der Waals surface area contributed by atoms with Crippen LogP contribution < -0.4 is 4.74 Å². The summed E-state index contributed by atoms with van der Waals surface area (Å²) in [5.74, 6) is 2.04. The molecule has 1 aromatic rings. The van der Waals surface area contributed by atoms with Gasteiger partial charge in [0.05, 0.1) is 6.61 Å². The first-order chi connectivity index (χ1) is 9.90. The van der Waals surface area contributed by atoms with Crippen LogP contribution in [0.5, 0.6) is 5.75 Å². The quantitative estimate of drug-likeness (QED) is 0.600. The van der Waals surface area contributed by atoms with E-state index in [0.29, 0.717) is 18.1 Å². The molecule has 118 valence electrons. The standard InChI is InChI=1S/C19H30O2/c1-14(2)13-21-18-11-10-16(5)17(12-18)8-6-7-9-19(20)15(3)4/h10-12,14-15H,6-9,13H2,1-5H3. The third-order valence-corrected chi connectivity index (χ3v) is 3.67. The normalized spacial score (nSPS) is 11.2. The average Bonchev–Trinajstić information content (AvgIpc) is 2.43. The first-order valence-electron chi connectivity index (χ1n) is 8.15. The van der Waals surface area contributed by atoms with Gasteiger partial charge in [-0.2, -0.15) is 0 Å². The molecule has 0 aliphatic heterocycles. The van der Waals surface area contributed by atoms with Gasteiger partial charge in [0.2, 0.25) is 0 Å². The maximum Gasteiger partial charge on any atom is 0.135 e. The number of rotatable bonds is 9. The number of unbranched alkanes of at least 4 members (excludes halogenated alkanes) is 1. The highest BCUT2D eigenvalue weighted by molar-refractivity contribution is 5.80. The summed E-state index contributed by atoms with van der Waals surface area (Å²) in [5.41, 5.74) is 2.65. The fourth-order valence-electron chi connectivity index (χ4n) is 2.17. The summed E-state index contributed by atoms with van der Waals surface area (Å²) >= 11 is 0. The summed E-state index contributed by atoms with van der Waals surface area (Å²) in [6, 6.07) is 6.33. The molecule has 2 heteroatoms. The molecule has 0 heterocycles. The SMILES string of the molecule is Cc1ccc(OCC(C)C)cc1CCCCC(=O)C(C)C. The van der Waals surface area contributed by atoms with E-state index in [2.05, 4.69) is 32.9 Å². The zero-order valence-corrected chi connectivity index (χ0v) is 14.2. The van der Waals surface area contributed by atoms with E-state index in [1.54, 1.807) is 0 Å². The summed E-state index contributed by atoms with van der Waals surface area (Å²) < 4.78 is 5.78. The molecule has 0 saturated carbocycles. The van der Waals surface area contributed by atoms with Crippen molar-refractivity contribution < 1.29 is 9.53 Å². The van der Waals surface area contributed by atoms with Crippen LogP contribution in [0.4, 0.5) is 0 Å². The van der Waals surface area contributed by atoms with Crippen molar-refractivity contribution in [2.75, 3.05) is 6.61 Å². The Morgan fingerprint density at radius 1 is 1.14 bits per heavy atom. The molecule has 0 unspecified atom stereocenters. The van der Waals surface area contributed by atoms with Crippen LogP contribution in [-0.4, -0.2) is 12.4 Å². The first kappa shape index (κ1) is 17.7. The Kier molecular flexibility index (Phi) is 7.49. The van der Waals surface area contributed by atoms with Crippen LogP contribution in [-0.2, 0) is 11.2 Å². The Hall–Kier alpha value is -1.31. The maximum atomic E-state index is 11.6. The van der Waals surface area contributed by atoms with Crippen molar-refractivity contribution >= 4 is 5.78 Å². The Bertz CT molecular complexity index is 447. The van der Waals surface area contributed by atoms with E-state index >= 15 is 0 Å². The largest absolute Gasteiger partial charge is 0.493 e. The lowest BCUT2D eigenvalue weighted by molar-refractivity contribution is -0.122. The molecule has 21 heavy (non-hydrogen) atoms. The number of hydrogen-bond donors (Lipinski definition) is 0. The summed E-state index contributed by atoms with van der Waals surface area (Å²) in [7, 11) is 0. The summed E-state index contributed by atoms with van der Waals surface area (Å²) in [6.45, 7) is 11.2. The number of ether oxygens (including phenoxy) is 1. The topological polar surface area (TPSA) is 26.3 Å². The lowest BCUT2D eigenvalue weighted by Gasteiger charge is -2.12. The van der Waals surface area contributed by atoms with Crippen LogP contribution in [0, 0.1) is 18.8 Å². The smallest absolute Gasteiger partial charge is 0.135 e. The first-order valence-corrected chi connectivity index (χ1v) is 8.15. The van der Waals surface area contributed by atoms with Crippen molar-refractivity contribution in [2.24, 2.45) is 11.8 Å². The fraction of sp³-hybridized carbons (Fsp3) is 0.632. The molecule has 0 saturated heterocycles. The number of aryl methyl sites for hydroxylation is 2. The highest BCUT2D eigenvalue weighted by Crippen LogP contribution is 2.20. The molecular formula is C19H30O2. The Morgan fingerprint density at radius 2 is 1.86 bits per heavy atom. The predicted molar refractivity (Wildman–Crippen MR) is 88.9 cm³/mol. The molecule has 0 aliphatic carbocycles. The molecule has 0 atom stereocenters. The van der Waals surface area contributed by atoms with Crippen LogP contribution in [0.15, 0.2) is 18.2 Å². The van der Waals surface area contributed by atoms with Gasteiger partial charge in [-0.1, -0.05) is 33.8 Å². The van der Waals surface area contributed by atoms with Gasteiger partial charge in [0, 0.05) is 12.3 Å². The minimum Gasteiger partial charge on any atom is -0.493 e. The van der Waals surface area contributed by atoms with Crippen LogP contribution in [0.1, 0.15) is 58.1 Å². The van der Waals surface area contributed by atoms with Gasteiger partial charge in [0.15, 0.2) is 0 Å². The number of benzene rings is 1. The van der Waals surface area contributed by atoms with E-state index in [4.69, 9.17) is 4.74 Å². The molecule has 0 bridgehead atoms. The van der Waals surface area contributed by atoms with Gasteiger partial charge in [-0.05, 0) is 55.4 Å². The average molecular weight is 290 g/mol. The molecule has 0 amide bonds. The molecule has 0 N–H and O–H groups in total. The summed E-state index contributed by atoms with van der Waals surface area (Å²) in [5, 5.41) is 0. The number of hydrogen-bond acceptors (Lipinski definition) is 2. The van der Waals surface area contributed by atoms with E-state index in [1.165, 1.54) is 11.1 Å². The number of Topliss-reactive ketones (excluding diaryl/α,β-unsaturated/α-hetero) is 1. The highest BCUT2D eigenvalue weighted by Gasteiger charge is 2.07. The molecule has 0 spiro atoms. The van der Waals surface area contributed by atoms with E-state index < -0.39 is 0 Å². The second-order valence-electron chi connectivity index (χ2n) is 6.62. The van der Waals surface area contributed by atoms with Gasteiger partial charge < -0.3 is 4.74 Å². The van der Waals surface area contributed by atoms with Gasteiger partial charge >= 0.3 is 0 Å². The minimum atomic E-state index is 0.166. The van der Waals surface area contributed by atoms with Crippen molar-refractivity contribution in [1.82, 2.24) is 0 Å². The number of ketones is 1. The fourth-order valence-corrected chi connectivity index (χ4v) is 2.17. The third kappa shape index (κ3) is 6.79. The molecule has 0 aliphatic rings. The van der Waals surface area contributed by atoms with Crippen molar-refractivity contribution in [2.45, 2.75) is 60.3 Å². The van der Waals surface area contributed by atoms with Gasteiger partial charge in [-0.15, -0.1) is 0 Å². The Balaban J connectivity index is 2.46. The van der Waals surface area contributed by atoms with Gasteiger partial charge in [-0.25, -0.2) is 0 Å². The number of carbonyl (C=O) groups is 1. The Morgan fingerprint density at radius 3 is 2.48 bits per heavy atom. The van der Waals surface area contributed by atoms with Crippen LogP contribution in [0.25, 0.3) is 0 Å². The zero-order valence-electron chi connectivity index (χ0n) is 14.2. The molecule has 0 aromatic heterocycles. The summed E-state index contributed by atoms with van der Waals surface area (Å²) in [4.78, 5) is 11.6. The monoisotopic (exact) mass is 290 g/mol. The van der Waals surface area contributed by atoms with Crippen LogP contribution >= 0.6 is 0 Å². The van der Waals surface area contributed by atoms with Gasteiger partial charge in [0.1, 0.15) is 11.5 Å². The maximum absolute atomic E-state index is 11.6.